The van der Waals surface area contributed by atoms with Crippen LogP contribution in [0, 0.1) is 11.6 Å². The number of aromatic nitrogens is 2. The summed E-state index contributed by atoms with van der Waals surface area (Å²) in [5, 5.41) is 4.52. The summed E-state index contributed by atoms with van der Waals surface area (Å²) in [5.41, 5.74) is -1.34. The largest absolute Gasteiger partial charge is 0.471 e. The van der Waals surface area contributed by atoms with E-state index in [0.29, 0.717) is 0 Å². The molecule has 1 unspecified atom stereocenters. The normalized spacial score (nSPS) is 13.1. The molecule has 2 rings (SSSR count). The summed E-state index contributed by atoms with van der Waals surface area (Å²) >= 11 is 0. The number of hydrogen-bond acceptors (Lipinski definition) is 4. The molecule has 0 saturated heterocycles. The molecule has 1 heterocycles. The van der Waals surface area contributed by atoms with Crippen molar-refractivity contribution in [1.82, 2.24) is 15.5 Å². The van der Waals surface area contributed by atoms with Gasteiger partial charge >= 0.3 is 12.1 Å². The fourth-order valence-corrected chi connectivity index (χ4v) is 1.74. The Morgan fingerprint density at radius 1 is 1.15 bits per heavy atom. The maximum Gasteiger partial charge on any atom is 0.471 e. The molecule has 0 aliphatic carbocycles. The summed E-state index contributed by atoms with van der Waals surface area (Å²) in [6.07, 6.45) is -11.7. The molecule has 0 aliphatic heterocycles. The van der Waals surface area contributed by atoms with Crippen molar-refractivity contribution in [3.8, 4) is 11.4 Å². The van der Waals surface area contributed by atoms with Crippen LogP contribution in [0.25, 0.3) is 11.4 Å². The van der Waals surface area contributed by atoms with E-state index in [9.17, 15) is 39.9 Å². The van der Waals surface area contributed by atoms with Gasteiger partial charge in [0.05, 0.1) is 5.56 Å². The molecule has 5 nitrogen and oxygen atoms in total. The average Bonchev–Trinajstić information content (AvgIpc) is 3.05. The molecule has 0 fully saturated rings. The van der Waals surface area contributed by atoms with Crippen LogP contribution < -0.4 is 5.32 Å². The molecule has 1 amide bonds. The number of carbonyl (C=O) groups excluding carboxylic acids is 1. The van der Waals surface area contributed by atoms with Gasteiger partial charge in [-0.1, -0.05) is 11.2 Å². The first kappa shape index (κ1) is 19.6. The van der Waals surface area contributed by atoms with Crippen molar-refractivity contribution in [2.75, 3.05) is 0 Å². The van der Waals surface area contributed by atoms with Crippen molar-refractivity contribution in [2.45, 2.75) is 25.3 Å². The zero-order valence-corrected chi connectivity index (χ0v) is 12.3. The summed E-state index contributed by atoms with van der Waals surface area (Å²) in [6, 6.07) is 1.61. The topological polar surface area (TPSA) is 68.0 Å². The van der Waals surface area contributed by atoms with E-state index >= 15 is 0 Å². The van der Waals surface area contributed by atoms with E-state index < -0.39 is 65.7 Å². The quantitative estimate of drug-likeness (QED) is 0.798. The first-order valence-corrected chi connectivity index (χ1v) is 6.60. The van der Waals surface area contributed by atoms with E-state index in [1.807, 2.05) is 0 Å². The first-order chi connectivity index (χ1) is 12.0. The molecule has 0 bridgehead atoms. The van der Waals surface area contributed by atoms with Crippen molar-refractivity contribution in [1.29, 1.82) is 0 Å². The van der Waals surface area contributed by atoms with Gasteiger partial charge < -0.3 is 9.84 Å². The Balaban J connectivity index is 2.21. The van der Waals surface area contributed by atoms with Crippen molar-refractivity contribution in [2.24, 2.45) is 0 Å². The van der Waals surface area contributed by atoms with Crippen molar-refractivity contribution >= 4 is 5.91 Å². The third kappa shape index (κ3) is 4.08. The SMILES string of the molecule is O=C(NCc1ccc(-c2noc(C(F)(F)F)n2)c(F)c1F)C(F)C(F)F. The number of benzene rings is 1. The van der Waals surface area contributed by atoms with Crippen LogP contribution in [0.1, 0.15) is 11.5 Å². The molecular weight excluding hydrogens is 382 g/mol. The number of nitrogens with one attached hydrogen (secondary N) is 1. The molecule has 0 aliphatic rings. The predicted molar refractivity (Wildman–Crippen MR) is 67.4 cm³/mol. The third-order valence-corrected chi connectivity index (χ3v) is 3.00. The fourth-order valence-electron chi connectivity index (χ4n) is 1.74. The van der Waals surface area contributed by atoms with Gasteiger partial charge in [-0.15, -0.1) is 0 Å². The van der Waals surface area contributed by atoms with Crippen LogP contribution in [0.15, 0.2) is 16.7 Å². The van der Waals surface area contributed by atoms with E-state index in [1.165, 1.54) is 0 Å². The molecule has 1 aromatic heterocycles. The minimum atomic E-state index is -4.99. The molecule has 1 atom stereocenters. The molecule has 0 saturated carbocycles. The van der Waals surface area contributed by atoms with Crippen LogP contribution >= 0.6 is 0 Å². The van der Waals surface area contributed by atoms with Crippen molar-refractivity contribution in [3.63, 3.8) is 0 Å². The molecular formula is C13H7F8N3O2. The highest BCUT2D eigenvalue weighted by atomic mass is 19.4. The van der Waals surface area contributed by atoms with Gasteiger partial charge in [-0.05, 0) is 6.07 Å². The van der Waals surface area contributed by atoms with Crippen LogP contribution in [0.5, 0.6) is 0 Å². The number of nitrogens with zero attached hydrogens (tertiary/aromatic N) is 2. The van der Waals surface area contributed by atoms with Gasteiger partial charge in [0, 0.05) is 12.1 Å². The molecule has 0 spiro atoms. The van der Waals surface area contributed by atoms with Crippen LogP contribution in [-0.2, 0) is 17.5 Å². The van der Waals surface area contributed by atoms with Gasteiger partial charge in [0.15, 0.2) is 11.6 Å². The maximum atomic E-state index is 14.0. The van der Waals surface area contributed by atoms with Gasteiger partial charge in [-0.3, -0.25) is 4.79 Å². The predicted octanol–water partition coefficient (Wildman–Crippen LogP) is 3.25. The lowest BCUT2D eigenvalue weighted by Gasteiger charge is -2.10. The van der Waals surface area contributed by atoms with Gasteiger partial charge in [-0.2, -0.15) is 18.2 Å². The molecule has 0 radical (unpaired) electrons. The number of amides is 1. The zero-order valence-electron chi connectivity index (χ0n) is 12.3. The summed E-state index contributed by atoms with van der Waals surface area (Å²) < 4.78 is 106. The lowest BCUT2D eigenvalue weighted by molar-refractivity contribution is -0.159. The van der Waals surface area contributed by atoms with E-state index in [-0.39, 0.29) is 0 Å². The average molecular weight is 389 g/mol. The Kier molecular flexibility index (Phi) is 5.47. The Morgan fingerprint density at radius 3 is 2.35 bits per heavy atom. The molecule has 13 heteroatoms. The summed E-state index contributed by atoms with van der Waals surface area (Å²) in [5.74, 6) is -7.68. The first-order valence-electron chi connectivity index (χ1n) is 6.60. The minimum Gasteiger partial charge on any atom is -0.349 e. The van der Waals surface area contributed by atoms with Crippen LogP contribution in [0.4, 0.5) is 35.1 Å². The molecule has 1 N–H and O–H groups in total. The highest BCUT2D eigenvalue weighted by Crippen LogP contribution is 2.31. The van der Waals surface area contributed by atoms with E-state index in [4.69, 9.17) is 0 Å². The highest BCUT2D eigenvalue weighted by Gasteiger charge is 2.39. The van der Waals surface area contributed by atoms with Crippen LogP contribution in [0.3, 0.4) is 0 Å². The second-order valence-electron chi connectivity index (χ2n) is 4.78. The van der Waals surface area contributed by atoms with Crippen molar-refractivity contribution in [3.05, 3.63) is 35.2 Å². The zero-order chi connectivity index (χ0) is 19.6. The summed E-state index contributed by atoms with van der Waals surface area (Å²) in [4.78, 5) is 13.9. The Hall–Kier alpha value is -2.73. The lowest BCUT2D eigenvalue weighted by Crippen LogP contribution is -2.36. The van der Waals surface area contributed by atoms with Gasteiger partial charge in [0.1, 0.15) is 0 Å². The van der Waals surface area contributed by atoms with Crippen LogP contribution in [0.2, 0.25) is 0 Å². The van der Waals surface area contributed by atoms with Gasteiger partial charge in [0.25, 0.3) is 12.3 Å². The second kappa shape index (κ2) is 7.25. The van der Waals surface area contributed by atoms with Gasteiger partial charge in [-0.25, -0.2) is 22.0 Å². The smallest absolute Gasteiger partial charge is 0.349 e. The standard InChI is InChI=1S/C13H7F8N3O2/c14-6-4(3-22-11(25)8(16)9(17)18)1-2-5(7(6)15)10-23-12(26-24-10)13(19,20)21/h1-2,8-9H,3H2,(H,22,25). The number of carbonyl (C=O) groups is 1. The van der Waals surface area contributed by atoms with Gasteiger partial charge in [0.2, 0.25) is 12.0 Å². The Morgan fingerprint density at radius 2 is 1.81 bits per heavy atom. The number of rotatable bonds is 5. The Labute approximate surface area is 139 Å². The third-order valence-electron chi connectivity index (χ3n) is 3.00. The highest BCUT2D eigenvalue weighted by molar-refractivity contribution is 5.81. The minimum absolute atomic E-state index is 0.569. The second-order valence-corrected chi connectivity index (χ2v) is 4.78. The van der Waals surface area contributed by atoms with Crippen LogP contribution in [-0.4, -0.2) is 28.6 Å². The number of hydrogen-bond donors (Lipinski definition) is 1. The number of alkyl halides is 6. The molecule has 142 valence electrons. The molecule has 1 aromatic carbocycles. The maximum absolute atomic E-state index is 14.0. The molecule has 2 aromatic rings. The van der Waals surface area contributed by atoms with E-state index in [1.54, 1.807) is 5.32 Å². The van der Waals surface area contributed by atoms with Crippen molar-refractivity contribution < 1.29 is 44.4 Å². The monoisotopic (exact) mass is 389 g/mol. The summed E-state index contributed by atoms with van der Waals surface area (Å²) in [6.45, 7) is -0.838. The summed E-state index contributed by atoms with van der Waals surface area (Å²) in [7, 11) is 0. The number of halogens is 8. The van der Waals surface area contributed by atoms with E-state index in [0.717, 1.165) is 12.1 Å². The lowest BCUT2D eigenvalue weighted by atomic mass is 10.1. The Bertz CT molecular complexity index is 805. The van der Waals surface area contributed by atoms with E-state index in [2.05, 4.69) is 14.7 Å². The molecule has 26 heavy (non-hydrogen) atoms. The fraction of sp³-hybridized carbons (Fsp3) is 0.308.